The Morgan fingerprint density at radius 3 is 2.71 bits per heavy atom. The van der Waals surface area contributed by atoms with Crippen LogP contribution in [0.2, 0.25) is 0 Å². The summed E-state index contributed by atoms with van der Waals surface area (Å²) in [5, 5.41) is 0. The third-order valence-electron chi connectivity index (χ3n) is 3.35. The first-order chi connectivity index (χ1) is 8.31. The van der Waals surface area contributed by atoms with Gasteiger partial charge in [-0.05, 0) is 36.3 Å². The molecule has 1 saturated heterocycles. The first kappa shape index (κ1) is 12.8. The van der Waals surface area contributed by atoms with Gasteiger partial charge in [-0.3, -0.25) is 0 Å². The fourth-order valence-corrected chi connectivity index (χ4v) is 3.06. The zero-order chi connectivity index (χ0) is 12.1. The van der Waals surface area contributed by atoms with Gasteiger partial charge in [-0.25, -0.2) is 0 Å². The standard InChI is InChI=1S/C14H22N2S/c1-2-14(15)12-4-6-13(7-5-12)16-8-3-10-17-11-9-16/h4-7,14H,2-3,8-11,15H2,1H3. The monoisotopic (exact) mass is 250 g/mol. The van der Waals surface area contributed by atoms with E-state index in [0.717, 1.165) is 6.42 Å². The molecule has 1 aliphatic rings. The van der Waals surface area contributed by atoms with Crippen LogP contribution in [-0.4, -0.2) is 24.6 Å². The molecule has 0 amide bonds. The molecule has 2 rings (SSSR count). The molecule has 1 unspecified atom stereocenters. The van der Waals surface area contributed by atoms with Crippen LogP contribution in [0.15, 0.2) is 24.3 Å². The largest absolute Gasteiger partial charge is 0.371 e. The van der Waals surface area contributed by atoms with Gasteiger partial charge in [0.2, 0.25) is 0 Å². The lowest BCUT2D eigenvalue weighted by atomic mass is 10.1. The maximum atomic E-state index is 6.03. The minimum atomic E-state index is 0.184. The van der Waals surface area contributed by atoms with Gasteiger partial charge in [-0.15, -0.1) is 0 Å². The van der Waals surface area contributed by atoms with Crippen molar-refractivity contribution >= 4 is 17.4 Å². The third kappa shape index (κ3) is 3.39. The van der Waals surface area contributed by atoms with Crippen LogP contribution in [0.4, 0.5) is 5.69 Å². The summed E-state index contributed by atoms with van der Waals surface area (Å²) in [7, 11) is 0. The Labute approximate surface area is 109 Å². The molecule has 0 spiro atoms. The van der Waals surface area contributed by atoms with Crippen LogP contribution in [0, 0.1) is 0 Å². The van der Waals surface area contributed by atoms with Crippen LogP contribution in [0.25, 0.3) is 0 Å². The highest BCUT2D eigenvalue weighted by Crippen LogP contribution is 2.22. The van der Waals surface area contributed by atoms with E-state index in [1.54, 1.807) is 0 Å². The summed E-state index contributed by atoms with van der Waals surface area (Å²) in [6, 6.07) is 8.99. The lowest BCUT2D eigenvalue weighted by Crippen LogP contribution is -2.25. The molecule has 2 N–H and O–H groups in total. The molecule has 0 bridgehead atoms. The molecule has 2 nitrogen and oxygen atoms in total. The van der Waals surface area contributed by atoms with E-state index < -0.39 is 0 Å². The maximum Gasteiger partial charge on any atom is 0.0366 e. The molecular formula is C14H22N2S. The molecule has 0 radical (unpaired) electrons. The van der Waals surface area contributed by atoms with Gasteiger partial charge in [-0.1, -0.05) is 19.1 Å². The van der Waals surface area contributed by atoms with Gasteiger partial charge in [-0.2, -0.15) is 11.8 Å². The van der Waals surface area contributed by atoms with Crippen molar-refractivity contribution in [2.75, 3.05) is 29.5 Å². The van der Waals surface area contributed by atoms with Crippen molar-refractivity contribution in [3.05, 3.63) is 29.8 Å². The predicted molar refractivity (Wildman–Crippen MR) is 77.8 cm³/mol. The summed E-state index contributed by atoms with van der Waals surface area (Å²) < 4.78 is 0. The van der Waals surface area contributed by atoms with Crippen molar-refractivity contribution in [2.24, 2.45) is 5.73 Å². The Bertz CT molecular complexity index is 329. The van der Waals surface area contributed by atoms with Crippen LogP contribution < -0.4 is 10.6 Å². The number of thioether (sulfide) groups is 1. The van der Waals surface area contributed by atoms with Crippen molar-refractivity contribution in [1.82, 2.24) is 0 Å². The van der Waals surface area contributed by atoms with Gasteiger partial charge in [0.25, 0.3) is 0 Å². The third-order valence-corrected chi connectivity index (χ3v) is 4.40. The van der Waals surface area contributed by atoms with Crippen molar-refractivity contribution in [2.45, 2.75) is 25.8 Å². The smallest absolute Gasteiger partial charge is 0.0366 e. The minimum Gasteiger partial charge on any atom is -0.371 e. The molecule has 94 valence electrons. The Morgan fingerprint density at radius 1 is 1.24 bits per heavy atom. The second-order valence-corrected chi connectivity index (χ2v) is 5.78. The Hall–Kier alpha value is -0.670. The number of anilines is 1. The molecular weight excluding hydrogens is 228 g/mol. The Morgan fingerprint density at radius 2 is 2.00 bits per heavy atom. The number of nitrogens with zero attached hydrogens (tertiary/aromatic N) is 1. The summed E-state index contributed by atoms with van der Waals surface area (Å²) >= 11 is 2.06. The molecule has 3 heteroatoms. The van der Waals surface area contributed by atoms with Crippen LogP contribution >= 0.6 is 11.8 Å². The van der Waals surface area contributed by atoms with E-state index in [1.165, 1.54) is 42.3 Å². The summed E-state index contributed by atoms with van der Waals surface area (Å²) in [4.78, 5) is 2.49. The fourth-order valence-electron chi connectivity index (χ4n) is 2.17. The molecule has 1 fully saturated rings. The molecule has 1 atom stereocenters. The van der Waals surface area contributed by atoms with E-state index in [2.05, 4.69) is 47.9 Å². The fraction of sp³-hybridized carbons (Fsp3) is 0.571. The van der Waals surface area contributed by atoms with Crippen LogP contribution in [0.1, 0.15) is 31.4 Å². The highest BCUT2D eigenvalue weighted by atomic mass is 32.2. The molecule has 1 aliphatic heterocycles. The van der Waals surface area contributed by atoms with Crippen molar-refractivity contribution in [3.8, 4) is 0 Å². The van der Waals surface area contributed by atoms with Crippen molar-refractivity contribution in [1.29, 1.82) is 0 Å². The Kier molecular flexibility index (Phi) is 4.75. The van der Waals surface area contributed by atoms with E-state index in [9.17, 15) is 0 Å². The minimum absolute atomic E-state index is 0.184. The van der Waals surface area contributed by atoms with Gasteiger partial charge in [0, 0.05) is 30.6 Å². The van der Waals surface area contributed by atoms with Crippen molar-refractivity contribution in [3.63, 3.8) is 0 Å². The number of benzene rings is 1. The molecule has 1 aromatic rings. The van der Waals surface area contributed by atoms with Gasteiger partial charge in [0.15, 0.2) is 0 Å². The van der Waals surface area contributed by atoms with Crippen molar-refractivity contribution < 1.29 is 0 Å². The van der Waals surface area contributed by atoms with E-state index in [0.29, 0.717) is 0 Å². The van der Waals surface area contributed by atoms with Gasteiger partial charge in [0.1, 0.15) is 0 Å². The lowest BCUT2D eigenvalue weighted by molar-refractivity contribution is 0.698. The van der Waals surface area contributed by atoms with Gasteiger partial charge < -0.3 is 10.6 Å². The Balaban J connectivity index is 2.05. The zero-order valence-corrected chi connectivity index (χ0v) is 11.4. The first-order valence-electron chi connectivity index (χ1n) is 6.49. The average Bonchev–Trinajstić information content (AvgIpc) is 2.67. The average molecular weight is 250 g/mol. The van der Waals surface area contributed by atoms with Crippen LogP contribution in [-0.2, 0) is 0 Å². The number of nitrogens with two attached hydrogens (primary N) is 1. The topological polar surface area (TPSA) is 29.3 Å². The first-order valence-corrected chi connectivity index (χ1v) is 7.65. The highest BCUT2D eigenvalue weighted by Gasteiger charge is 2.10. The summed E-state index contributed by atoms with van der Waals surface area (Å²) in [6.07, 6.45) is 2.29. The quantitative estimate of drug-likeness (QED) is 0.894. The van der Waals surface area contributed by atoms with Crippen LogP contribution in [0.5, 0.6) is 0 Å². The normalized spacial score (nSPS) is 18.8. The van der Waals surface area contributed by atoms with E-state index in [4.69, 9.17) is 5.73 Å². The van der Waals surface area contributed by atoms with Gasteiger partial charge >= 0.3 is 0 Å². The van der Waals surface area contributed by atoms with E-state index in [1.807, 2.05) is 0 Å². The maximum absolute atomic E-state index is 6.03. The van der Waals surface area contributed by atoms with Gasteiger partial charge in [0.05, 0.1) is 0 Å². The molecule has 17 heavy (non-hydrogen) atoms. The molecule has 0 aromatic heterocycles. The summed E-state index contributed by atoms with van der Waals surface area (Å²) in [5.74, 6) is 2.55. The SMILES string of the molecule is CCC(N)c1ccc(N2CCCSCC2)cc1. The second kappa shape index (κ2) is 6.31. The molecule has 1 heterocycles. The van der Waals surface area contributed by atoms with E-state index in [-0.39, 0.29) is 6.04 Å². The molecule has 1 aromatic carbocycles. The predicted octanol–water partition coefficient (Wildman–Crippen LogP) is 3.04. The molecule has 0 aliphatic carbocycles. The second-order valence-electron chi connectivity index (χ2n) is 4.56. The number of hydrogen-bond donors (Lipinski definition) is 1. The zero-order valence-electron chi connectivity index (χ0n) is 10.6. The summed E-state index contributed by atoms with van der Waals surface area (Å²) in [5.41, 5.74) is 8.63. The molecule has 0 saturated carbocycles. The highest BCUT2D eigenvalue weighted by molar-refractivity contribution is 7.99. The summed E-state index contributed by atoms with van der Waals surface area (Å²) in [6.45, 7) is 4.49. The van der Waals surface area contributed by atoms with Crippen LogP contribution in [0.3, 0.4) is 0 Å². The number of hydrogen-bond acceptors (Lipinski definition) is 3. The number of rotatable bonds is 3. The van der Waals surface area contributed by atoms with E-state index >= 15 is 0 Å². The lowest BCUT2D eigenvalue weighted by Gasteiger charge is -2.23.